The van der Waals surface area contributed by atoms with Crippen molar-refractivity contribution >= 4 is 35.3 Å². The van der Waals surface area contributed by atoms with Gasteiger partial charge in [0, 0.05) is 35.2 Å². The summed E-state index contributed by atoms with van der Waals surface area (Å²) in [5.41, 5.74) is 0.523. The van der Waals surface area contributed by atoms with Crippen LogP contribution in [0.4, 0.5) is 0 Å². The summed E-state index contributed by atoms with van der Waals surface area (Å²) in [7, 11) is 0. The molecule has 0 amide bonds. The van der Waals surface area contributed by atoms with E-state index < -0.39 is 0 Å². The standard InChI is InChI=1S/C30H48O4S3/c1-20(5-4-10-31)22-6-7-23-25-24(19-30(27(22,23)3)34-13-16-37-30)26(2)8-9-28(32-11-14-35-28)17-21(26)18-29(25)33-12-15-36-29/h20-25,31H,4-19H2,1-3H3/t20-,21?,22-,23+,24+,25+,26+,27-,28?,29?,30?/m1/s1. The first kappa shape index (κ1) is 26.8. The fourth-order valence-corrected chi connectivity index (χ4v) is 15.4. The summed E-state index contributed by atoms with van der Waals surface area (Å²) in [6, 6.07) is 0. The van der Waals surface area contributed by atoms with Gasteiger partial charge in [-0.1, -0.05) is 20.8 Å². The third-order valence-electron chi connectivity index (χ3n) is 12.8. The van der Waals surface area contributed by atoms with E-state index in [1.807, 2.05) is 0 Å². The second kappa shape index (κ2) is 9.46. The lowest BCUT2D eigenvalue weighted by molar-refractivity contribution is -0.240. The maximum atomic E-state index is 9.61. The topological polar surface area (TPSA) is 47.9 Å². The molecule has 7 aliphatic rings. The van der Waals surface area contributed by atoms with E-state index in [9.17, 15) is 5.11 Å². The monoisotopic (exact) mass is 568 g/mol. The number of fused-ring (bicyclic) bond motifs is 7. The van der Waals surface area contributed by atoms with E-state index in [-0.39, 0.29) is 20.2 Å². The molecular weight excluding hydrogens is 521 g/mol. The van der Waals surface area contributed by atoms with Gasteiger partial charge in [-0.25, -0.2) is 0 Å². The summed E-state index contributed by atoms with van der Waals surface area (Å²) >= 11 is 6.48. The molecule has 3 spiro atoms. The third-order valence-corrected chi connectivity index (χ3v) is 17.1. The van der Waals surface area contributed by atoms with Gasteiger partial charge in [-0.3, -0.25) is 0 Å². The first-order chi connectivity index (χ1) is 17.8. The van der Waals surface area contributed by atoms with Crippen LogP contribution in [0.1, 0.15) is 78.6 Å². The number of rotatable bonds is 4. The zero-order chi connectivity index (χ0) is 25.5. The molecule has 3 aliphatic heterocycles. The van der Waals surface area contributed by atoms with E-state index in [1.54, 1.807) is 0 Å². The molecular formula is C30H48O4S3. The normalized spacial score (nSPS) is 55.6. The Labute approximate surface area is 237 Å². The summed E-state index contributed by atoms with van der Waals surface area (Å²) in [6.07, 6.45) is 10.9. The molecule has 1 N–H and O–H groups in total. The van der Waals surface area contributed by atoms with E-state index in [1.165, 1.54) is 44.9 Å². The van der Waals surface area contributed by atoms with Crippen LogP contribution in [0.2, 0.25) is 0 Å². The Morgan fingerprint density at radius 3 is 2.35 bits per heavy atom. The molecule has 7 heteroatoms. The SMILES string of the molecule is C[C@H](CCCO)[C@H]1CC[C@H]2[C@H]3[C@H](CC4(OCCS4)[C@]12C)[C@@]1(C)CCC2(CC1CC31OCCS1)OCCS2. The molecule has 4 unspecified atom stereocenters. The second-order valence-electron chi connectivity index (χ2n) is 13.9. The Morgan fingerprint density at radius 2 is 1.65 bits per heavy atom. The smallest absolute Gasteiger partial charge is 0.120 e. The van der Waals surface area contributed by atoms with Gasteiger partial charge in [-0.2, -0.15) is 0 Å². The Kier molecular flexibility index (Phi) is 6.84. The molecule has 0 radical (unpaired) electrons. The molecule has 4 nitrogen and oxygen atoms in total. The second-order valence-corrected chi connectivity index (χ2v) is 18.1. The molecule has 4 aliphatic carbocycles. The van der Waals surface area contributed by atoms with E-state index >= 15 is 0 Å². The maximum absolute atomic E-state index is 9.61. The molecule has 0 aromatic carbocycles. The van der Waals surface area contributed by atoms with Crippen molar-refractivity contribution in [3.8, 4) is 0 Å². The highest BCUT2D eigenvalue weighted by Crippen LogP contribution is 2.78. The van der Waals surface area contributed by atoms with Crippen molar-refractivity contribution in [1.82, 2.24) is 0 Å². The number of hydrogen-bond donors (Lipinski definition) is 1. The minimum atomic E-state index is -0.0590. The highest BCUT2D eigenvalue weighted by Gasteiger charge is 2.75. The highest BCUT2D eigenvalue weighted by atomic mass is 32.2. The Bertz CT molecular complexity index is 867. The average Bonchev–Trinajstić information content (AvgIpc) is 3.69. The van der Waals surface area contributed by atoms with Crippen LogP contribution in [0.3, 0.4) is 0 Å². The van der Waals surface area contributed by atoms with E-state index in [0.717, 1.165) is 49.9 Å². The van der Waals surface area contributed by atoms with Crippen LogP contribution < -0.4 is 0 Å². The summed E-state index contributed by atoms with van der Waals surface area (Å²) in [5.74, 6) is 7.38. The Balaban J connectivity index is 1.30. The number of hydrogen-bond acceptors (Lipinski definition) is 7. The minimum absolute atomic E-state index is 0.0172. The molecule has 0 bridgehead atoms. The van der Waals surface area contributed by atoms with Crippen LogP contribution in [0, 0.1) is 46.3 Å². The summed E-state index contributed by atoms with van der Waals surface area (Å²) in [4.78, 5) is -0.00516. The predicted octanol–water partition coefficient (Wildman–Crippen LogP) is 6.65. The largest absolute Gasteiger partial charge is 0.396 e. The summed E-state index contributed by atoms with van der Waals surface area (Å²) in [5, 5.41) is 9.61. The van der Waals surface area contributed by atoms with Crippen molar-refractivity contribution in [1.29, 1.82) is 0 Å². The lowest BCUT2D eigenvalue weighted by atomic mass is 9.42. The highest BCUT2D eigenvalue weighted by molar-refractivity contribution is 8.01. The molecule has 11 atom stereocenters. The Morgan fingerprint density at radius 1 is 0.865 bits per heavy atom. The first-order valence-corrected chi connectivity index (χ1v) is 18.2. The number of ether oxygens (including phenoxy) is 3. The van der Waals surface area contributed by atoms with E-state index in [0.29, 0.717) is 47.5 Å². The minimum Gasteiger partial charge on any atom is -0.396 e. The Hall–Kier alpha value is 0.890. The van der Waals surface area contributed by atoms with Gasteiger partial charge in [0.25, 0.3) is 0 Å². The van der Waals surface area contributed by atoms with Gasteiger partial charge >= 0.3 is 0 Å². The molecule has 7 rings (SSSR count). The van der Waals surface area contributed by atoms with Crippen LogP contribution in [-0.2, 0) is 14.2 Å². The van der Waals surface area contributed by atoms with Crippen LogP contribution >= 0.6 is 35.3 Å². The van der Waals surface area contributed by atoms with Crippen molar-refractivity contribution in [2.45, 2.75) is 93.4 Å². The van der Waals surface area contributed by atoms with Crippen molar-refractivity contribution in [2.24, 2.45) is 46.3 Å². The van der Waals surface area contributed by atoms with Gasteiger partial charge in [0.1, 0.15) is 14.8 Å². The number of thioether (sulfide) groups is 3. The molecule has 3 heterocycles. The maximum Gasteiger partial charge on any atom is 0.120 e. The van der Waals surface area contributed by atoms with Gasteiger partial charge in [-0.05, 0) is 92.8 Å². The fraction of sp³-hybridized carbons (Fsp3) is 1.00. The number of aliphatic hydroxyl groups excluding tert-OH is 1. The van der Waals surface area contributed by atoms with Gasteiger partial charge in [0.2, 0.25) is 0 Å². The fourth-order valence-electron chi connectivity index (χ4n) is 11.1. The lowest BCUT2D eigenvalue weighted by Gasteiger charge is -2.69. The summed E-state index contributed by atoms with van der Waals surface area (Å²) in [6.45, 7) is 10.9. The van der Waals surface area contributed by atoms with Gasteiger partial charge in [0.05, 0.1) is 19.8 Å². The van der Waals surface area contributed by atoms with Gasteiger partial charge < -0.3 is 19.3 Å². The van der Waals surface area contributed by atoms with Crippen LogP contribution in [0.5, 0.6) is 0 Å². The number of aliphatic hydroxyl groups is 1. The lowest BCUT2D eigenvalue weighted by Crippen LogP contribution is -2.68. The zero-order valence-corrected chi connectivity index (χ0v) is 25.6. The van der Waals surface area contributed by atoms with Crippen molar-refractivity contribution < 1.29 is 19.3 Å². The average molecular weight is 569 g/mol. The van der Waals surface area contributed by atoms with Crippen LogP contribution in [0.25, 0.3) is 0 Å². The van der Waals surface area contributed by atoms with E-state index in [2.05, 4.69) is 56.1 Å². The van der Waals surface area contributed by atoms with Crippen molar-refractivity contribution in [3.63, 3.8) is 0 Å². The van der Waals surface area contributed by atoms with E-state index in [4.69, 9.17) is 14.2 Å². The van der Waals surface area contributed by atoms with Gasteiger partial charge in [0.15, 0.2) is 0 Å². The van der Waals surface area contributed by atoms with Crippen molar-refractivity contribution in [2.75, 3.05) is 43.7 Å². The van der Waals surface area contributed by atoms with Crippen molar-refractivity contribution in [3.05, 3.63) is 0 Å². The quantitative estimate of drug-likeness (QED) is 0.407. The molecule has 4 saturated carbocycles. The first-order valence-electron chi connectivity index (χ1n) is 15.3. The third kappa shape index (κ3) is 3.72. The van der Waals surface area contributed by atoms with Crippen LogP contribution in [-0.4, -0.2) is 63.6 Å². The molecule has 0 aromatic rings. The molecule has 37 heavy (non-hydrogen) atoms. The summed E-state index contributed by atoms with van der Waals surface area (Å²) < 4.78 is 20.5. The zero-order valence-electron chi connectivity index (χ0n) is 23.2. The predicted molar refractivity (Wildman–Crippen MR) is 155 cm³/mol. The molecule has 0 aromatic heterocycles. The van der Waals surface area contributed by atoms with Gasteiger partial charge in [-0.15, -0.1) is 35.3 Å². The molecule has 3 saturated heterocycles. The van der Waals surface area contributed by atoms with Crippen LogP contribution in [0.15, 0.2) is 0 Å². The molecule has 210 valence electrons. The molecule has 7 fully saturated rings.